The van der Waals surface area contributed by atoms with E-state index in [0.29, 0.717) is 0 Å². The highest BCUT2D eigenvalue weighted by Crippen LogP contribution is 2.35. The highest BCUT2D eigenvalue weighted by Gasteiger charge is 2.03. The van der Waals surface area contributed by atoms with Crippen molar-refractivity contribution in [3.63, 3.8) is 0 Å². The molecule has 0 saturated carbocycles. The molecule has 0 N–H and O–H groups in total. The van der Waals surface area contributed by atoms with Crippen molar-refractivity contribution in [2.75, 3.05) is 0 Å². The van der Waals surface area contributed by atoms with Gasteiger partial charge < -0.3 is 0 Å². The Morgan fingerprint density at radius 3 is 2.31 bits per heavy atom. The average molecular weight is 273 g/mol. The van der Waals surface area contributed by atoms with E-state index < -0.39 is 0 Å². The minimum absolute atomic E-state index is 1.14. The SMILES string of the molecule is CCc1ccc(-c2ccc(Br)s2)s1. The quantitative estimate of drug-likeness (QED) is 0.737. The van der Waals surface area contributed by atoms with Gasteiger partial charge in [0.25, 0.3) is 0 Å². The van der Waals surface area contributed by atoms with Crippen LogP contribution in [0, 0.1) is 0 Å². The lowest BCUT2D eigenvalue weighted by Gasteiger charge is -1.88. The molecule has 68 valence electrons. The molecule has 13 heavy (non-hydrogen) atoms. The first kappa shape index (κ1) is 9.44. The zero-order chi connectivity index (χ0) is 9.26. The maximum Gasteiger partial charge on any atom is 0.0705 e. The van der Waals surface area contributed by atoms with E-state index in [0.717, 1.165) is 6.42 Å². The van der Waals surface area contributed by atoms with Crippen LogP contribution in [0.1, 0.15) is 11.8 Å². The third-order valence-electron chi connectivity index (χ3n) is 1.83. The van der Waals surface area contributed by atoms with Crippen LogP contribution < -0.4 is 0 Å². The molecule has 0 bridgehead atoms. The van der Waals surface area contributed by atoms with Crippen LogP contribution >= 0.6 is 38.6 Å². The molecular formula is C10H9BrS2. The molecule has 0 saturated heterocycles. The zero-order valence-electron chi connectivity index (χ0n) is 7.21. The second-order valence-corrected chi connectivity index (χ2v) is 6.35. The summed E-state index contributed by atoms with van der Waals surface area (Å²) < 4.78 is 1.20. The second-order valence-electron chi connectivity index (χ2n) is 2.72. The van der Waals surface area contributed by atoms with E-state index in [1.54, 1.807) is 11.3 Å². The van der Waals surface area contributed by atoms with Crippen molar-refractivity contribution in [2.24, 2.45) is 0 Å². The van der Waals surface area contributed by atoms with Crippen LogP contribution in [0.15, 0.2) is 28.1 Å². The van der Waals surface area contributed by atoms with Gasteiger partial charge in [-0.15, -0.1) is 22.7 Å². The summed E-state index contributed by atoms with van der Waals surface area (Å²) in [7, 11) is 0. The van der Waals surface area contributed by atoms with Gasteiger partial charge in [0.05, 0.1) is 3.79 Å². The number of hydrogen-bond donors (Lipinski definition) is 0. The predicted octanol–water partition coefficient (Wildman–Crippen LogP) is 4.80. The molecule has 2 aromatic heterocycles. The Balaban J connectivity index is 2.35. The lowest BCUT2D eigenvalue weighted by Crippen LogP contribution is -1.63. The zero-order valence-corrected chi connectivity index (χ0v) is 10.4. The van der Waals surface area contributed by atoms with Gasteiger partial charge in [-0.05, 0) is 46.6 Å². The van der Waals surface area contributed by atoms with Gasteiger partial charge in [0, 0.05) is 14.6 Å². The molecule has 2 aromatic rings. The van der Waals surface area contributed by atoms with E-state index in [9.17, 15) is 0 Å². The number of rotatable bonds is 2. The average Bonchev–Trinajstić information content (AvgIpc) is 2.71. The van der Waals surface area contributed by atoms with Crippen molar-refractivity contribution >= 4 is 38.6 Å². The Hall–Kier alpha value is -0.120. The van der Waals surface area contributed by atoms with Crippen LogP contribution in [0.3, 0.4) is 0 Å². The first-order chi connectivity index (χ1) is 6.29. The third-order valence-corrected chi connectivity index (χ3v) is 4.88. The summed E-state index contributed by atoms with van der Waals surface area (Å²) in [4.78, 5) is 4.20. The van der Waals surface area contributed by atoms with Crippen molar-refractivity contribution in [1.82, 2.24) is 0 Å². The van der Waals surface area contributed by atoms with Crippen molar-refractivity contribution in [3.8, 4) is 9.75 Å². The van der Waals surface area contributed by atoms with Crippen LogP contribution in [0.25, 0.3) is 9.75 Å². The summed E-state index contributed by atoms with van der Waals surface area (Å²) in [5.74, 6) is 0. The lowest BCUT2D eigenvalue weighted by atomic mass is 10.3. The summed E-state index contributed by atoms with van der Waals surface area (Å²) in [5, 5.41) is 0. The fraction of sp³-hybridized carbons (Fsp3) is 0.200. The topological polar surface area (TPSA) is 0 Å². The Bertz CT molecular complexity index is 400. The fourth-order valence-corrected chi connectivity index (χ4v) is 3.57. The maximum absolute atomic E-state index is 3.48. The molecule has 0 atom stereocenters. The maximum atomic E-state index is 3.48. The van der Waals surface area contributed by atoms with Gasteiger partial charge >= 0.3 is 0 Å². The van der Waals surface area contributed by atoms with E-state index in [1.807, 2.05) is 11.3 Å². The molecule has 3 heteroatoms. The number of aryl methyl sites for hydroxylation is 1. The molecule has 0 nitrogen and oxygen atoms in total. The molecule has 0 aliphatic carbocycles. The Morgan fingerprint density at radius 1 is 1.08 bits per heavy atom. The minimum atomic E-state index is 1.14. The van der Waals surface area contributed by atoms with E-state index in [-0.39, 0.29) is 0 Å². The Labute approximate surface area is 94.4 Å². The lowest BCUT2D eigenvalue weighted by molar-refractivity contribution is 1.19. The van der Waals surface area contributed by atoms with Crippen LogP contribution in [-0.2, 0) is 6.42 Å². The van der Waals surface area contributed by atoms with Crippen LogP contribution in [0.2, 0.25) is 0 Å². The molecule has 0 radical (unpaired) electrons. The summed E-state index contributed by atoms with van der Waals surface area (Å²) in [5.41, 5.74) is 0. The van der Waals surface area contributed by atoms with Gasteiger partial charge in [-0.1, -0.05) is 6.92 Å². The fourth-order valence-electron chi connectivity index (χ4n) is 1.15. The molecule has 0 unspecified atom stereocenters. The molecular weight excluding hydrogens is 264 g/mol. The van der Waals surface area contributed by atoms with E-state index in [1.165, 1.54) is 18.4 Å². The van der Waals surface area contributed by atoms with Crippen molar-refractivity contribution < 1.29 is 0 Å². The summed E-state index contributed by atoms with van der Waals surface area (Å²) in [6.45, 7) is 2.19. The van der Waals surface area contributed by atoms with Crippen LogP contribution in [0.5, 0.6) is 0 Å². The number of hydrogen-bond acceptors (Lipinski definition) is 2. The van der Waals surface area contributed by atoms with E-state index in [4.69, 9.17) is 0 Å². The molecule has 0 aromatic carbocycles. The van der Waals surface area contributed by atoms with Crippen molar-refractivity contribution in [1.29, 1.82) is 0 Å². The monoisotopic (exact) mass is 272 g/mol. The molecule has 0 amide bonds. The molecule has 2 heterocycles. The van der Waals surface area contributed by atoms with Crippen molar-refractivity contribution in [2.45, 2.75) is 13.3 Å². The van der Waals surface area contributed by atoms with Gasteiger partial charge in [0.1, 0.15) is 0 Å². The molecule has 2 rings (SSSR count). The highest BCUT2D eigenvalue weighted by atomic mass is 79.9. The normalized spacial score (nSPS) is 10.6. The summed E-state index contributed by atoms with van der Waals surface area (Å²) in [6, 6.07) is 8.70. The van der Waals surface area contributed by atoms with E-state index >= 15 is 0 Å². The van der Waals surface area contributed by atoms with Crippen LogP contribution in [0.4, 0.5) is 0 Å². The predicted molar refractivity (Wildman–Crippen MR) is 64.7 cm³/mol. The van der Waals surface area contributed by atoms with Gasteiger partial charge in [0.15, 0.2) is 0 Å². The molecule has 0 fully saturated rings. The third kappa shape index (κ3) is 2.03. The summed E-state index contributed by atoms with van der Waals surface area (Å²) in [6.07, 6.45) is 1.14. The van der Waals surface area contributed by atoms with Crippen molar-refractivity contribution in [3.05, 3.63) is 32.9 Å². The molecule has 0 spiro atoms. The number of thiophene rings is 2. The first-order valence-corrected chi connectivity index (χ1v) is 6.56. The van der Waals surface area contributed by atoms with Gasteiger partial charge in [-0.2, -0.15) is 0 Å². The Morgan fingerprint density at radius 2 is 1.77 bits per heavy atom. The van der Waals surface area contributed by atoms with E-state index in [2.05, 4.69) is 47.1 Å². The van der Waals surface area contributed by atoms with Crippen LogP contribution in [-0.4, -0.2) is 0 Å². The second kappa shape index (κ2) is 3.95. The first-order valence-electron chi connectivity index (χ1n) is 4.14. The number of halogens is 1. The van der Waals surface area contributed by atoms with Gasteiger partial charge in [-0.25, -0.2) is 0 Å². The van der Waals surface area contributed by atoms with Gasteiger partial charge in [-0.3, -0.25) is 0 Å². The Kier molecular flexibility index (Phi) is 2.86. The summed E-state index contributed by atoms with van der Waals surface area (Å²) >= 11 is 7.16. The largest absolute Gasteiger partial charge is 0.139 e. The minimum Gasteiger partial charge on any atom is -0.139 e. The van der Waals surface area contributed by atoms with Gasteiger partial charge in [0.2, 0.25) is 0 Å². The standard InChI is InChI=1S/C10H9BrS2/c1-2-7-3-4-8(12-7)9-5-6-10(11)13-9/h3-6H,2H2,1H3. The molecule has 0 aliphatic rings. The highest BCUT2D eigenvalue weighted by molar-refractivity contribution is 9.11. The molecule has 0 aliphatic heterocycles. The smallest absolute Gasteiger partial charge is 0.0705 e.